The normalized spacial score (nSPS) is 12.1. The highest BCUT2D eigenvalue weighted by Crippen LogP contribution is 2.27. The predicted molar refractivity (Wildman–Crippen MR) is 95.9 cm³/mol. The molecule has 122 valence electrons. The lowest BCUT2D eigenvalue weighted by Crippen LogP contribution is -2.29. The first-order chi connectivity index (χ1) is 11.6. The van der Waals surface area contributed by atoms with Crippen molar-refractivity contribution in [1.29, 1.82) is 0 Å². The average Bonchev–Trinajstić information content (AvgIpc) is 2.58. The SMILES string of the molecule is Cc1c(Cl)cccc1C[C@H](Oc1cccc2ccccc12)C(=O)O. The molecule has 0 heterocycles. The summed E-state index contributed by atoms with van der Waals surface area (Å²) in [5, 5.41) is 12.1. The average molecular weight is 341 g/mol. The molecule has 3 aromatic carbocycles. The number of rotatable bonds is 5. The van der Waals surface area contributed by atoms with Gasteiger partial charge in [0, 0.05) is 16.8 Å². The molecule has 4 heteroatoms. The van der Waals surface area contributed by atoms with Gasteiger partial charge in [0.25, 0.3) is 0 Å². The van der Waals surface area contributed by atoms with Crippen molar-refractivity contribution >= 4 is 28.3 Å². The van der Waals surface area contributed by atoms with Crippen molar-refractivity contribution in [1.82, 2.24) is 0 Å². The molecule has 0 aromatic heterocycles. The maximum atomic E-state index is 11.7. The predicted octanol–water partition coefficient (Wildman–Crippen LogP) is 4.88. The number of ether oxygens (including phenoxy) is 1. The van der Waals surface area contributed by atoms with Crippen LogP contribution in [0.25, 0.3) is 10.8 Å². The van der Waals surface area contributed by atoms with Gasteiger partial charge < -0.3 is 9.84 Å². The molecule has 0 saturated heterocycles. The topological polar surface area (TPSA) is 46.5 Å². The fourth-order valence-electron chi connectivity index (χ4n) is 2.70. The van der Waals surface area contributed by atoms with Gasteiger partial charge in [0.2, 0.25) is 0 Å². The molecule has 0 fully saturated rings. The summed E-state index contributed by atoms with van der Waals surface area (Å²) in [7, 11) is 0. The van der Waals surface area contributed by atoms with Crippen molar-refractivity contribution in [2.24, 2.45) is 0 Å². The van der Waals surface area contributed by atoms with Crippen molar-refractivity contribution < 1.29 is 14.6 Å². The largest absolute Gasteiger partial charge is 0.478 e. The number of aliphatic carboxylic acids is 1. The van der Waals surface area contributed by atoms with Crippen LogP contribution in [-0.2, 0) is 11.2 Å². The molecule has 0 bridgehead atoms. The third-order valence-electron chi connectivity index (χ3n) is 4.08. The second-order valence-electron chi connectivity index (χ2n) is 5.65. The van der Waals surface area contributed by atoms with Crippen LogP contribution in [0.15, 0.2) is 60.7 Å². The van der Waals surface area contributed by atoms with Crippen LogP contribution in [0.1, 0.15) is 11.1 Å². The van der Waals surface area contributed by atoms with E-state index in [1.54, 1.807) is 12.1 Å². The molecular weight excluding hydrogens is 324 g/mol. The Kier molecular flexibility index (Phi) is 4.72. The Morgan fingerprint density at radius 1 is 1.08 bits per heavy atom. The first-order valence-electron chi connectivity index (χ1n) is 7.67. The minimum absolute atomic E-state index is 0.255. The third-order valence-corrected chi connectivity index (χ3v) is 4.49. The summed E-state index contributed by atoms with van der Waals surface area (Å²) in [5.74, 6) is -0.428. The van der Waals surface area contributed by atoms with Gasteiger partial charge in [0.15, 0.2) is 6.10 Å². The van der Waals surface area contributed by atoms with Crippen molar-refractivity contribution in [3.63, 3.8) is 0 Å². The quantitative estimate of drug-likeness (QED) is 0.720. The number of benzene rings is 3. The van der Waals surface area contributed by atoms with Gasteiger partial charge in [-0.3, -0.25) is 0 Å². The zero-order valence-electron chi connectivity index (χ0n) is 13.2. The van der Waals surface area contributed by atoms with E-state index in [0.29, 0.717) is 10.8 Å². The van der Waals surface area contributed by atoms with Gasteiger partial charge in [-0.25, -0.2) is 4.79 Å². The molecule has 0 spiro atoms. The molecule has 0 aliphatic heterocycles. The zero-order valence-corrected chi connectivity index (χ0v) is 14.0. The Morgan fingerprint density at radius 3 is 2.58 bits per heavy atom. The maximum Gasteiger partial charge on any atom is 0.345 e. The lowest BCUT2D eigenvalue weighted by atomic mass is 10.0. The van der Waals surface area contributed by atoms with Crippen LogP contribution in [0.2, 0.25) is 5.02 Å². The Balaban J connectivity index is 1.92. The number of hydrogen-bond acceptors (Lipinski definition) is 2. The third kappa shape index (κ3) is 3.36. The highest BCUT2D eigenvalue weighted by Gasteiger charge is 2.22. The molecule has 1 atom stereocenters. The van der Waals surface area contributed by atoms with Gasteiger partial charge in [-0.2, -0.15) is 0 Å². The maximum absolute atomic E-state index is 11.7. The number of carboxylic acid groups (broad SMARTS) is 1. The zero-order chi connectivity index (χ0) is 17.1. The van der Waals surface area contributed by atoms with Crippen LogP contribution in [-0.4, -0.2) is 17.2 Å². The summed E-state index contributed by atoms with van der Waals surface area (Å²) in [6.07, 6.45) is -0.724. The van der Waals surface area contributed by atoms with Crippen LogP contribution in [0.3, 0.4) is 0 Å². The molecule has 3 aromatic rings. The number of hydrogen-bond donors (Lipinski definition) is 1. The molecule has 0 saturated carbocycles. The van der Waals surface area contributed by atoms with Gasteiger partial charge >= 0.3 is 5.97 Å². The number of fused-ring (bicyclic) bond motifs is 1. The first kappa shape index (κ1) is 16.3. The van der Waals surface area contributed by atoms with E-state index in [0.717, 1.165) is 21.9 Å². The van der Waals surface area contributed by atoms with Gasteiger partial charge in [0.1, 0.15) is 5.75 Å². The van der Waals surface area contributed by atoms with Crippen molar-refractivity contribution in [3.05, 3.63) is 76.8 Å². The van der Waals surface area contributed by atoms with Crippen molar-refractivity contribution in [2.45, 2.75) is 19.4 Å². The Morgan fingerprint density at radius 2 is 1.79 bits per heavy atom. The molecule has 24 heavy (non-hydrogen) atoms. The van der Waals surface area contributed by atoms with E-state index in [9.17, 15) is 9.90 Å². The van der Waals surface area contributed by atoms with Crippen LogP contribution in [0.5, 0.6) is 5.75 Å². The summed E-state index contributed by atoms with van der Waals surface area (Å²) in [5.41, 5.74) is 1.75. The van der Waals surface area contributed by atoms with E-state index in [1.807, 2.05) is 55.5 Å². The molecule has 1 N–H and O–H groups in total. The lowest BCUT2D eigenvalue weighted by molar-refractivity contribution is -0.144. The Hall–Kier alpha value is -2.52. The van der Waals surface area contributed by atoms with Gasteiger partial charge in [0.05, 0.1) is 0 Å². The van der Waals surface area contributed by atoms with E-state index in [4.69, 9.17) is 16.3 Å². The van der Waals surface area contributed by atoms with E-state index in [1.165, 1.54) is 0 Å². The second kappa shape index (κ2) is 6.93. The van der Waals surface area contributed by atoms with Crippen molar-refractivity contribution in [2.75, 3.05) is 0 Å². The molecule has 3 rings (SSSR count). The summed E-state index contributed by atoms with van der Waals surface area (Å²) in [6, 6.07) is 18.9. The van der Waals surface area contributed by atoms with Crippen LogP contribution in [0, 0.1) is 6.92 Å². The first-order valence-corrected chi connectivity index (χ1v) is 8.05. The second-order valence-corrected chi connectivity index (χ2v) is 6.06. The minimum Gasteiger partial charge on any atom is -0.478 e. The number of carbonyl (C=O) groups is 1. The van der Waals surface area contributed by atoms with E-state index < -0.39 is 12.1 Å². The fourth-order valence-corrected chi connectivity index (χ4v) is 2.90. The molecule has 3 nitrogen and oxygen atoms in total. The van der Waals surface area contributed by atoms with E-state index >= 15 is 0 Å². The molecular formula is C20H17ClO3. The van der Waals surface area contributed by atoms with Gasteiger partial charge in [-0.1, -0.05) is 60.1 Å². The van der Waals surface area contributed by atoms with E-state index in [2.05, 4.69) is 0 Å². The Labute approximate surface area is 145 Å². The molecule has 0 unspecified atom stereocenters. The van der Waals surface area contributed by atoms with E-state index in [-0.39, 0.29) is 6.42 Å². The molecule has 0 amide bonds. The molecule has 0 aliphatic carbocycles. The van der Waals surface area contributed by atoms with Crippen LogP contribution in [0.4, 0.5) is 0 Å². The van der Waals surface area contributed by atoms with Crippen LogP contribution >= 0.6 is 11.6 Å². The number of carboxylic acids is 1. The standard InChI is InChI=1S/C20H17ClO3/c1-13-15(8-4-10-17(13)21)12-19(20(22)23)24-18-11-5-7-14-6-2-3-9-16(14)18/h2-11,19H,12H2,1H3,(H,22,23)/t19-/m0/s1. The highest BCUT2D eigenvalue weighted by molar-refractivity contribution is 6.31. The van der Waals surface area contributed by atoms with Crippen LogP contribution < -0.4 is 4.74 Å². The smallest absolute Gasteiger partial charge is 0.345 e. The summed E-state index contributed by atoms with van der Waals surface area (Å²) >= 11 is 6.13. The van der Waals surface area contributed by atoms with Gasteiger partial charge in [-0.15, -0.1) is 0 Å². The minimum atomic E-state index is -0.998. The fraction of sp³-hybridized carbons (Fsp3) is 0.150. The Bertz CT molecular complexity index is 884. The monoisotopic (exact) mass is 340 g/mol. The summed E-state index contributed by atoms with van der Waals surface area (Å²) < 4.78 is 5.85. The van der Waals surface area contributed by atoms with Gasteiger partial charge in [-0.05, 0) is 35.6 Å². The summed E-state index contributed by atoms with van der Waals surface area (Å²) in [4.78, 5) is 11.7. The molecule has 0 aliphatic rings. The summed E-state index contributed by atoms with van der Waals surface area (Å²) in [6.45, 7) is 1.88. The lowest BCUT2D eigenvalue weighted by Gasteiger charge is -2.18. The van der Waals surface area contributed by atoms with Crippen molar-refractivity contribution in [3.8, 4) is 5.75 Å². The highest BCUT2D eigenvalue weighted by atomic mass is 35.5. The molecule has 0 radical (unpaired) electrons. The number of halogens is 1.